The molecule has 3 nitrogen and oxygen atoms in total. The fraction of sp³-hybridized carbons (Fsp3) is 0.111. The molecule has 3 rings (SSSR count). The molecule has 2 aromatic heterocycles. The van der Waals surface area contributed by atoms with Crippen molar-refractivity contribution in [3.8, 4) is 10.6 Å². The molecule has 1 aromatic carbocycles. The van der Waals surface area contributed by atoms with E-state index in [2.05, 4.69) is 33.5 Å². The Labute approximate surface area is 153 Å². The minimum atomic E-state index is 0.589. The van der Waals surface area contributed by atoms with Gasteiger partial charge in [0.05, 0.1) is 23.3 Å². The molecular formula is C18H16ClN3S2. The van der Waals surface area contributed by atoms with Crippen molar-refractivity contribution in [2.45, 2.75) is 6.92 Å². The average Bonchev–Trinajstić information content (AvgIpc) is 3.21. The lowest BCUT2D eigenvalue weighted by atomic mass is 10.2. The molecule has 0 saturated carbocycles. The van der Waals surface area contributed by atoms with Gasteiger partial charge in [-0.05, 0) is 24.4 Å². The molecule has 0 unspecified atom stereocenters. The number of hydrogen-bond donors (Lipinski definition) is 0. The fourth-order valence-corrected chi connectivity index (χ4v) is 3.83. The van der Waals surface area contributed by atoms with Crippen LogP contribution >= 0.6 is 34.3 Å². The van der Waals surface area contributed by atoms with Crippen molar-refractivity contribution >= 4 is 40.5 Å². The largest absolute Gasteiger partial charge is 0.253 e. The number of benzene rings is 1. The first kappa shape index (κ1) is 16.9. The lowest BCUT2D eigenvalue weighted by Crippen LogP contribution is -2.12. The molecule has 0 atom stereocenters. The van der Waals surface area contributed by atoms with Crippen molar-refractivity contribution in [1.82, 2.24) is 4.68 Å². The number of thiophene rings is 1. The molecule has 0 fully saturated rings. The second-order valence-corrected chi connectivity index (χ2v) is 7.42. The third-order valence-electron chi connectivity index (χ3n) is 3.16. The molecule has 0 aliphatic heterocycles. The predicted octanol–water partition coefficient (Wildman–Crippen LogP) is 5.29. The topological polar surface area (TPSA) is 29.6 Å². The summed E-state index contributed by atoms with van der Waals surface area (Å²) in [6.07, 6.45) is 1.77. The Bertz CT molecular complexity index is 933. The van der Waals surface area contributed by atoms with Crippen molar-refractivity contribution in [3.63, 3.8) is 0 Å². The van der Waals surface area contributed by atoms with Gasteiger partial charge in [0.25, 0.3) is 0 Å². The molecule has 0 spiro atoms. The van der Waals surface area contributed by atoms with Gasteiger partial charge in [0, 0.05) is 16.0 Å². The van der Waals surface area contributed by atoms with Crippen molar-refractivity contribution in [3.05, 3.63) is 74.7 Å². The smallest absolute Gasteiger partial charge is 0.206 e. The third-order valence-corrected chi connectivity index (χ3v) is 5.25. The van der Waals surface area contributed by atoms with Crippen LogP contribution in [0.4, 0.5) is 0 Å². The van der Waals surface area contributed by atoms with E-state index in [9.17, 15) is 0 Å². The highest BCUT2D eigenvalue weighted by Crippen LogP contribution is 2.25. The minimum absolute atomic E-state index is 0.589. The first-order chi connectivity index (χ1) is 11.6. The lowest BCUT2D eigenvalue weighted by Gasteiger charge is -2.02. The molecule has 122 valence electrons. The summed E-state index contributed by atoms with van der Waals surface area (Å²) in [6, 6.07) is 11.8. The van der Waals surface area contributed by atoms with E-state index >= 15 is 0 Å². The number of halogens is 1. The second kappa shape index (κ2) is 7.75. The highest BCUT2D eigenvalue weighted by molar-refractivity contribution is 7.14. The van der Waals surface area contributed by atoms with Crippen LogP contribution in [-0.4, -0.2) is 17.4 Å². The van der Waals surface area contributed by atoms with Crippen LogP contribution in [0.3, 0.4) is 0 Å². The molecule has 0 N–H and O–H groups in total. The maximum atomic E-state index is 6.22. The maximum Gasteiger partial charge on any atom is 0.206 e. The Kier molecular flexibility index (Phi) is 5.45. The van der Waals surface area contributed by atoms with E-state index in [1.165, 1.54) is 0 Å². The Morgan fingerprint density at radius 2 is 2.08 bits per heavy atom. The first-order valence-corrected chi connectivity index (χ1v) is 9.47. The summed E-state index contributed by atoms with van der Waals surface area (Å²) >= 11 is 9.47. The van der Waals surface area contributed by atoms with E-state index in [1.54, 1.807) is 28.9 Å². The normalized spacial score (nSPS) is 12.2. The number of thiazole rings is 1. The zero-order chi connectivity index (χ0) is 16.9. The van der Waals surface area contributed by atoms with Crippen LogP contribution in [0.1, 0.15) is 12.5 Å². The number of aromatic nitrogens is 1. The standard InChI is InChI=1S/C18H16ClN3S2/c1-13(2)10-20-18-22(16(12-24-18)17-8-5-9-23-17)21-11-14-6-3-4-7-15(14)19/h3-9,11-12H,1,10H2,2H3. The number of nitrogens with zero attached hydrogens (tertiary/aromatic N) is 3. The van der Waals surface area contributed by atoms with Gasteiger partial charge in [0.2, 0.25) is 4.80 Å². The summed E-state index contributed by atoms with van der Waals surface area (Å²) < 4.78 is 1.86. The van der Waals surface area contributed by atoms with Crippen LogP contribution in [0.5, 0.6) is 0 Å². The average molecular weight is 374 g/mol. The molecule has 0 bridgehead atoms. The lowest BCUT2D eigenvalue weighted by molar-refractivity contribution is 0.837. The van der Waals surface area contributed by atoms with Crippen LogP contribution < -0.4 is 4.80 Å². The Morgan fingerprint density at radius 3 is 2.79 bits per heavy atom. The highest BCUT2D eigenvalue weighted by Gasteiger charge is 2.08. The van der Waals surface area contributed by atoms with Crippen LogP contribution in [0.15, 0.2) is 69.4 Å². The summed E-state index contributed by atoms with van der Waals surface area (Å²) in [5, 5.41) is 9.44. The monoisotopic (exact) mass is 373 g/mol. The van der Waals surface area contributed by atoms with E-state index in [0.717, 1.165) is 26.5 Å². The molecule has 2 heterocycles. The second-order valence-electron chi connectivity index (χ2n) is 5.23. The van der Waals surface area contributed by atoms with Gasteiger partial charge in [-0.3, -0.25) is 4.99 Å². The molecule has 24 heavy (non-hydrogen) atoms. The van der Waals surface area contributed by atoms with Crippen LogP contribution in [0, 0.1) is 0 Å². The molecule has 0 radical (unpaired) electrons. The maximum absolute atomic E-state index is 6.22. The highest BCUT2D eigenvalue weighted by atomic mass is 35.5. The van der Waals surface area contributed by atoms with E-state index in [1.807, 2.05) is 41.9 Å². The zero-order valence-electron chi connectivity index (χ0n) is 13.1. The van der Waals surface area contributed by atoms with Gasteiger partial charge < -0.3 is 0 Å². The summed E-state index contributed by atoms with van der Waals surface area (Å²) in [5.41, 5.74) is 2.92. The van der Waals surface area contributed by atoms with Gasteiger partial charge in [0.1, 0.15) is 0 Å². The molecule has 0 aliphatic carbocycles. The molecule has 0 saturated heterocycles. The fourth-order valence-electron chi connectivity index (χ4n) is 2.02. The number of rotatable bonds is 5. The first-order valence-electron chi connectivity index (χ1n) is 7.33. The molecule has 0 aliphatic rings. The minimum Gasteiger partial charge on any atom is -0.253 e. The van der Waals surface area contributed by atoms with E-state index in [4.69, 9.17) is 11.6 Å². The summed E-state index contributed by atoms with van der Waals surface area (Å²) in [7, 11) is 0. The van der Waals surface area contributed by atoms with E-state index < -0.39 is 0 Å². The number of hydrogen-bond acceptors (Lipinski definition) is 4. The predicted molar refractivity (Wildman–Crippen MR) is 105 cm³/mol. The van der Waals surface area contributed by atoms with Crippen molar-refractivity contribution in [2.75, 3.05) is 6.54 Å². The quantitative estimate of drug-likeness (QED) is 0.429. The summed E-state index contributed by atoms with van der Waals surface area (Å²) in [4.78, 5) is 6.60. The zero-order valence-corrected chi connectivity index (χ0v) is 15.5. The van der Waals surface area contributed by atoms with Gasteiger partial charge in [-0.2, -0.15) is 5.10 Å². The summed E-state index contributed by atoms with van der Waals surface area (Å²) in [5.74, 6) is 0. The van der Waals surface area contributed by atoms with Crippen molar-refractivity contribution < 1.29 is 0 Å². The van der Waals surface area contributed by atoms with Crippen LogP contribution in [0.2, 0.25) is 5.02 Å². The third kappa shape index (κ3) is 3.93. The van der Waals surface area contributed by atoms with Crippen LogP contribution in [-0.2, 0) is 0 Å². The van der Waals surface area contributed by atoms with Gasteiger partial charge >= 0.3 is 0 Å². The SMILES string of the molecule is C=C(C)CN=c1scc(-c2cccs2)n1N=Cc1ccccc1Cl. The Hall–Kier alpha value is -1.95. The van der Waals surface area contributed by atoms with E-state index in [-0.39, 0.29) is 0 Å². The van der Waals surface area contributed by atoms with E-state index in [0.29, 0.717) is 11.6 Å². The summed E-state index contributed by atoms with van der Waals surface area (Å²) in [6.45, 7) is 6.47. The molecule has 6 heteroatoms. The van der Waals surface area contributed by atoms with Gasteiger partial charge in [-0.25, -0.2) is 4.68 Å². The Morgan fingerprint density at radius 1 is 1.25 bits per heavy atom. The van der Waals surface area contributed by atoms with Gasteiger partial charge in [-0.15, -0.1) is 22.7 Å². The van der Waals surface area contributed by atoms with Crippen molar-refractivity contribution in [2.24, 2.45) is 10.1 Å². The Balaban J connectivity index is 2.06. The van der Waals surface area contributed by atoms with Gasteiger partial charge in [0.15, 0.2) is 0 Å². The van der Waals surface area contributed by atoms with Crippen molar-refractivity contribution in [1.29, 1.82) is 0 Å². The molecule has 0 amide bonds. The molecule has 3 aromatic rings. The van der Waals surface area contributed by atoms with Crippen LogP contribution in [0.25, 0.3) is 10.6 Å². The molecular weight excluding hydrogens is 358 g/mol. The van der Waals surface area contributed by atoms with Gasteiger partial charge in [-0.1, -0.05) is 48.0 Å².